The molecule has 0 saturated carbocycles. The van der Waals surface area contributed by atoms with E-state index in [1.165, 1.54) is 0 Å². The van der Waals surface area contributed by atoms with Gasteiger partial charge >= 0.3 is 0 Å². The summed E-state index contributed by atoms with van der Waals surface area (Å²) in [7, 11) is 0. The van der Waals surface area contributed by atoms with E-state index < -0.39 is 0 Å². The van der Waals surface area contributed by atoms with Gasteiger partial charge in [-0.2, -0.15) is 0 Å². The Morgan fingerprint density at radius 3 is 2.92 bits per heavy atom. The Bertz CT molecular complexity index is 871. The first-order valence-corrected chi connectivity index (χ1v) is 8.88. The molecule has 2 amide bonds. The number of halogens is 1. The van der Waals surface area contributed by atoms with Crippen molar-refractivity contribution < 1.29 is 14.3 Å². The quantitative estimate of drug-likeness (QED) is 0.870. The van der Waals surface area contributed by atoms with E-state index in [9.17, 15) is 9.59 Å². The van der Waals surface area contributed by atoms with Gasteiger partial charge in [0.05, 0.1) is 12.1 Å². The van der Waals surface area contributed by atoms with Gasteiger partial charge in [0.15, 0.2) is 0 Å². The molecule has 1 unspecified atom stereocenters. The number of carbonyl (C=O) groups excluding carboxylic acids is 2. The molecule has 2 aliphatic heterocycles. The van der Waals surface area contributed by atoms with Crippen molar-refractivity contribution in [2.75, 3.05) is 29.9 Å². The summed E-state index contributed by atoms with van der Waals surface area (Å²) in [5.74, 6) is 0.381. The highest BCUT2D eigenvalue weighted by molar-refractivity contribution is 6.31. The second-order valence-corrected chi connectivity index (χ2v) is 6.71. The van der Waals surface area contributed by atoms with Crippen LogP contribution in [-0.2, 0) is 4.79 Å². The summed E-state index contributed by atoms with van der Waals surface area (Å²) in [5.41, 5.74) is 1.99. The van der Waals surface area contributed by atoms with Crippen molar-refractivity contribution in [2.45, 2.75) is 12.5 Å². The maximum Gasteiger partial charge on any atom is 0.255 e. The third-order valence-electron chi connectivity index (χ3n) is 4.54. The van der Waals surface area contributed by atoms with Gasteiger partial charge in [0.1, 0.15) is 18.4 Å². The van der Waals surface area contributed by atoms with Crippen molar-refractivity contribution >= 4 is 34.8 Å². The minimum Gasteiger partial charge on any atom is -0.491 e. The van der Waals surface area contributed by atoms with Crippen LogP contribution in [0.3, 0.4) is 0 Å². The summed E-state index contributed by atoms with van der Waals surface area (Å²) in [4.78, 5) is 26.6. The Balaban J connectivity index is 1.52. The molecule has 2 heterocycles. The lowest BCUT2D eigenvalue weighted by Crippen LogP contribution is -2.33. The molecular weight excluding hydrogens is 354 g/mol. The van der Waals surface area contributed by atoms with Gasteiger partial charge in [-0.15, -0.1) is 0 Å². The van der Waals surface area contributed by atoms with E-state index in [2.05, 4.69) is 10.6 Å². The minimum absolute atomic E-state index is 0.0112. The van der Waals surface area contributed by atoms with Gasteiger partial charge in [-0.1, -0.05) is 17.7 Å². The zero-order chi connectivity index (χ0) is 18.1. The van der Waals surface area contributed by atoms with Crippen molar-refractivity contribution in [2.24, 2.45) is 0 Å². The number of hydrogen-bond donors (Lipinski definition) is 2. The first kappa shape index (κ1) is 16.7. The Morgan fingerprint density at radius 2 is 2.08 bits per heavy atom. The Morgan fingerprint density at radius 1 is 1.19 bits per heavy atom. The molecule has 26 heavy (non-hydrogen) atoms. The molecular formula is C19H18ClN3O3. The number of nitrogens with one attached hydrogen (secondary N) is 2. The van der Waals surface area contributed by atoms with Gasteiger partial charge in [-0.3, -0.25) is 9.59 Å². The van der Waals surface area contributed by atoms with Crippen LogP contribution in [0.25, 0.3) is 0 Å². The van der Waals surface area contributed by atoms with Gasteiger partial charge in [0, 0.05) is 22.9 Å². The van der Waals surface area contributed by atoms with Crippen LogP contribution >= 0.6 is 11.6 Å². The van der Waals surface area contributed by atoms with Crippen molar-refractivity contribution in [3.05, 3.63) is 53.1 Å². The van der Waals surface area contributed by atoms with Crippen molar-refractivity contribution in [3.63, 3.8) is 0 Å². The summed E-state index contributed by atoms with van der Waals surface area (Å²) in [5, 5.41) is 6.62. The largest absolute Gasteiger partial charge is 0.491 e. The highest BCUT2D eigenvalue weighted by Crippen LogP contribution is 2.28. The summed E-state index contributed by atoms with van der Waals surface area (Å²) in [6.07, 6.45) is 0.672. The SMILES string of the molecule is O=C1NCCOc2ccc(NC3CCN(c4cccc(Cl)c4)C3=O)cc21. The zero-order valence-corrected chi connectivity index (χ0v) is 14.8. The molecule has 0 spiro atoms. The molecule has 0 bridgehead atoms. The van der Waals surface area contributed by atoms with Gasteiger partial charge in [-0.05, 0) is 42.8 Å². The molecule has 0 aliphatic carbocycles. The predicted molar refractivity (Wildman–Crippen MR) is 100 cm³/mol. The molecule has 4 rings (SSSR count). The van der Waals surface area contributed by atoms with Crippen LogP contribution in [0.1, 0.15) is 16.8 Å². The number of amides is 2. The van der Waals surface area contributed by atoms with E-state index >= 15 is 0 Å². The molecule has 1 fully saturated rings. The molecule has 2 aromatic carbocycles. The Hall–Kier alpha value is -2.73. The number of fused-ring (bicyclic) bond motifs is 1. The highest BCUT2D eigenvalue weighted by atomic mass is 35.5. The average Bonchev–Trinajstić information content (AvgIpc) is 2.88. The molecule has 6 nitrogen and oxygen atoms in total. The molecule has 0 radical (unpaired) electrons. The minimum atomic E-state index is -0.346. The van der Waals surface area contributed by atoms with Crippen LogP contribution < -0.4 is 20.3 Å². The molecule has 2 aliphatic rings. The van der Waals surface area contributed by atoms with Gasteiger partial charge < -0.3 is 20.3 Å². The first-order valence-electron chi connectivity index (χ1n) is 8.50. The number of ether oxygens (including phenoxy) is 1. The van der Waals surface area contributed by atoms with E-state index in [1.54, 1.807) is 29.2 Å². The average molecular weight is 372 g/mol. The van der Waals surface area contributed by atoms with E-state index in [0.717, 1.165) is 11.4 Å². The van der Waals surface area contributed by atoms with E-state index in [1.807, 2.05) is 18.2 Å². The Labute approximate surface area is 156 Å². The zero-order valence-electron chi connectivity index (χ0n) is 14.0. The molecule has 7 heteroatoms. The normalized spacial score (nSPS) is 19.4. The number of anilines is 2. The summed E-state index contributed by atoms with van der Waals surface area (Å²) in [6, 6.07) is 12.2. The van der Waals surface area contributed by atoms with E-state index in [-0.39, 0.29) is 17.9 Å². The first-order chi connectivity index (χ1) is 12.6. The second-order valence-electron chi connectivity index (χ2n) is 6.27. The lowest BCUT2D eigenvalue weighted by atomic mass is 10.1. The van der Waals surface area contributed by atoms with Crippen molar-refractivity contribution in [3.8, 4) is 5.75 Å². The summed E-state index contributed by atoms with van der Waals surface area (Å²) >= 11 is 6.03. The van der Waals surface area contributed by atoms with Crippen LogP contribution in [0.15, 0.2) is 42.5 Å². The lowest BCUT2D eigenvalue weighted by molar-refractivity contribution is -0.117. The fourth-order valence-corrected chi connectivity index (χ4v) is 3.44. The van der Waals surface area contributed by atoms with Crippen LogP contribution in [0.4, 0.5) is 11.4 Å². The fourth-order valence-electron chi connectivity index (χ4n) is 3.26. The third-order valence-corrected chi connectivity index (χ3v) is 4.77. The van der Waals surface area contributed by atoms with Crippen molar-refractivity contribution in [1.29, 1.82) is 0 Å². The number of nitrogens with zero attached hydrogens (tertiary/aromatic N) is 1. The standard InChI is InChI=1S/C19H18ClN3O3/c20-12-2-1-3-14(10-12)23-8-6-16(19(23)25)22-13-4-5-17-15(11-13)18(24)21-7-9-26-17/h1-5,10-11,16,22H,6-9H2,(H,21,24). The highest BCUT2D eigenvalue weighted by Gasteiger charge is 2.32. The smallest absolute Gasteiger partial charge is 0.255 e. The number of carbonyl (C=O) groups is 2. The number of hydrogen-bond acceptors (Lipinski definition) is 4. The van der Waals surface area contributed by atoms with E-state index in [0.29, 0.717) is 42.5 Å². The molecule has 1 saturated heterocycles. The summed E-state index contributed by atoms with van der Waals surface area (Å²) < 4.78 is 5.55. The molecule has 134 valence electrons. The lowest BCUT2D eigenvalue weighted by Gasteiger charge is -2.18. The van der Waals surface area contributed by atoms with Crippen LogP contribution in [0, 0.1) is 0 Å². The maximum atomic E-state index is 12.7. The van der Waals surface area contributed by atoms with Gasteiger partial charge in [0.2, 0.25) is 5.91 Å². The van der Waals surface area contributed by atoms with Crippen LogP contribution in [-0.4, -0.2) is 37.6 Å². The maximum absolute atomic E-state index is 12.7. The van der Waals surface area contributed by atoms with E-state index in [4.69, 9.17) is 16.3 Å². The fraction of sp³-hybridized carbons (Fsp3) is 0.263. The number of rotatable bonds is 3. The van der Waals surface area contributed by atoms with Gasteiger partial charge in [-0.25, -0.2) is 0 Å². The van der Waals surface area contributed by atoms with Gasteiger partial charge in [0.25, 0.3) is 5.91 Å². The molecule has 2 aromatic rings. The molecule has 0 aromatic heterocycles. The van der Waals surface area contributed by atoms with Crippen LogP contribution in [0.5, 0.6) is 5.75 Å². The molecule has 2 N–H and O–H groups in total. The Kier molecular flexibility index (Phi) is 4.42. The number of benzene rings is 2. The van der Waals surface area contributed by atoms with Crippen molar-refractivity contribution in [1.82, 2.24) is 5.32 Å². The molecule has 1 atom stereocenters. The topological polar surface area (TPSA) is 70.7 Å². The predicted octanol–water partition coefficient (Wildman–Crippen LogP) is 2.68. The van der Waals surface area contributed by atoms with Crippen LogP contribution in [0.2, 0.25) is 5.02 Å². The second kappa shape index (κ2) is 6.88. The third kappa shape index (κ3) is 3.20. The monoisotopic (exact) mass is 371 g/mol. The summed E-state index contributed by atoms with van der Waals surface area (Å²) in [6.45, 7) is 1.54.